The van der Waals surface area contributed by atoms with E-state index in [1.165, 1.54) is 0 Å². The highest BCUT2D eigenvalue weighted by Crippen LogP contribution is 2.24. The third-order valence-corrected chi connectivity index (χ3v) is 2.55. The summed E-state index contributed by atoms with van der Waals surface area (Å²) in [4.78, 5) is 14.3. The van der Waals surface area contributed by atoms with E-state index in [-0.39, 0.29) is 5.78 Å². The molecular weight excluding hydrogens is 212 g/mol. The zero-order valence-corrected chi connectivity index (χ0v) is 10.3. The lowest BCUT2D eigenvalue weighted by Crippen LogP contribution is -1.98. The first kappa shape index (κ1) is 11.5. The first-order valence-electron chi connectivity index (χ1n) is 5.60. The molecule has 17 heavy (non-hydrogen) atoms. The lowest BCUT2D eigenvalue weighted by Gasteiger charge is -2.07. The van der Waals surface area contributed by atoms with Gasteiger partial charge in [0, 0.05) is 28.0 Å². The zero-order chi connectivity index (χ0) is 12.4. The molecule has 1 aromatic heterocycles. The Morgan fingerprint density at radius 1 is 1.35 bits per heavy atom. The first-order chi connectivity index (χ1) is 8.06. The second-order valence-corrected chi connectivity index (χ2v) is 4.28. The molecule has 0 fully saturated rings. The van der Waals surface area contributed by atoms with Crippen LogP contribution in [-0.4, -0.2) is 10.8 Å². The molecule has 3 nitrogen and oxygen atoms in total. The summed E-state index contributed by atoms with van der Waals surface area (Å²) in [6.45, 7) is 5.47. The maximum Gasteiger partial charge on any atom is 0.154 e. The van der Waals surface area contributed by atoms with E-state index in [1.54, 1.807) is 13.0 Å². The lowest BCUT2D eigenvalue weighted by molar-refractivity contribution is -0.112. The van der Waals surface area contributed by atoms with Crippen LogP contribution in [0.1, 0.15) is 19.5 Å². The molecular formula is C14H16N2O. The fourth-order valence-corrected chi connectivity index (χ4v) is 1.96. The van der Waals surface area contributed by atoms with E-state index in [0.29, 0.717) is 0 Å². The molecule has 2 rings (SSSR count). The van der Waals surface area contributed by atoms with Crippen molar-refractivity contribution in [3.05, 3.63) is 41.7 Å². The van der Waals surface area contributed by atoms with Crippen molar-refractivity contribution >= 4 is 22.4 Å². The molecule has 88 valence electrons. The number of aromatic nitrogens is 1. The van der Waals surface area contributed by atoms with Gasteiger partial charge in [-0.2, -0.15) is 0 Å². The Labute approximate surface area is 101 Å². The molecule has 0 saturated heterocycles. The molecule has 0 radical (unpaired) electrons. The van der Waals surface area contributed by atoms with Gasteiger partial charge in [-0.25, -0.2) is 0 Å². The van der Waals surface area contributed by atoms with Crippen molar-refractivity contribution in [1.82, 2.24) is 4.98 Å². The average Bonchev–Trinajstić information content (AvgIpc) is 2.58. The van der Waals surface area contributed by atoms with Crippen molar-refractivity contribution in [2.45, 2.75) is 20.8 Å². The highest BCUT2D eigenvalue weighted by Gasteiger charge is 2.03. The number of aromatic amines is 1. The molecule has 0 unspecified atom stereocenters. The minimum Gasteiger partial charge on any atom is -0.359 e. The Hall–Kier alpha value is -2.03. The van der Waals surface area contributed by atoms with Gasteiger partial charge >= 0.3 is 0 Å². The third kappa shape index (κ3) is 2.56. The number of fused-ring (bicyclic) bond motifs is 1. The van der Waals surface area contributed by atoms with Gasteiger partial charge in [-0.3, -0.25) is 4.79 Å². The van der Waals surface area contributed by atoms with Gasteiger partial charge in [0.25, 0.3) is 0 Å². The van der Waals surface area contributed by atoms with E-state index in [9.17, 15) is 4.79 Å². The quantitative estimate of drug-likeness (QED) is 0.791. The number of carbonyl (C=O) groups excluding carboxylic acids is 1. The molecule has 0 spiro atoms. The Morgan fingerprint density at radius 2 is 2.12 bits per heavy atom. The molecule has 0 aliphatic heterocycles. The number of hydrogen-bond donors (Lipinski definition) is 2. The third-order valence-electron chi connectivity index (χ3n) is 2.55. The number of anilines is 1. The van der Waals surface area contributed by atoms with E-state index >= 15 is 0 Å². The molecule has 0 bridgehead atoms. The fraction of sp³-hybridized carbons (Fsp3) is 0.214. The molecule has 0 aliphatic carbocycles. The minimum atomic E-state index is 0.0485. The smallest absolute Gasteiger partial charge is 0.154 e. The van der Waals surface area contributed by atoms with Crippen LogP contribution in [0.5, 0.6) is 0 Å². The number of benzene rings is 1. The highest BCUT2D eigenvalue weighted by molar-refractivity contribution is 5.94. The van der Waals surface area contributed by atoms with Gasteiger partial charge in [-0.1, -0.05) is 6.07 Å². The number of allylic oxidation sites excluding steroid dienone is 2. The molecule has 1 aromatic carbocycles. The molecule has 0 amide bonds. The van der Waals surface area contributed by atoms with Crippen LogP contribution in [0.2, 0.25) is 0 Å². The predicted octanol–water partition coefficient (Wildman–Crippen LogP) is 3.38. The maximum absolute atomic E-state index is 11.0. The van der Waals surface area contributed by atoms with Crippen molar-refractivity contribution in [3.8, 4) is 0 Å². The van der Waals surface area contributed by atoms with Gasteiger partial charge in [-0.15, -0.1) is 0 Å². The molecule has 0 saturated carbocycles. The normalized spacial score (nSPS) is 11.8. The summed E-state index contributed by atoms with van der Waals surface area (Å²) in [5.74, 6) is 0.0485. The number of carbonyl (C=O) groups is 1. The molecule has 1 heterocycles. The first-order valence-corrected chi connectivity index (χ1v) is 5.60. The summed E-state index contributed by atoms with van der Waals surface area (Å²) in [7, 11) is 0. The summed E-state index contributed by atoms with van der Waals surface area (Å²) < 4.78 is 0. The van der Waals surface area contributed by atoms with Crippen LogP contribution in [0, 0.1) is 6.92 Å². The molecule has 2 N–H and O–H groups in total. The number of rotatable bonds is 3. The van der Waals surface area contributed by atoms with Crippen LogP contribution < -0.4 is 5.32 Å². The SMILES string of the molecule is CC(=O)C=C(C)Nc1cccc2[nH]c(C)cc12. The molecule has 0 atom stereocenters. The van der Waals surface area contributed by atoms with Crippen LogP contribution in [0.4, 0.5) is 5.69 Å². The van der Waals surface area contributed by atoms with Crippen molar-refractivity contribution < 1.29 is 4.79 Å². The van der Waals surface area contributed by atoms with Gasteiger partial charge in [0.15, 0.2) is 5.78 Å². The fourth-order valence-electron chi connectivity index (χ4n) is 1.96. The van der Waals surface area contributed by atoms with Crippen molar-refractivity contribution in [2.75, 3.05) is 5.32 Å². The summed E-state index contributed by atoms with van der Waals surface area (Å²) in [6, 6.07) is 8.13. The number of H-pyrrole nitrogens is 1. The van der Waals surface area contributed by atoms with Gasteiger partial charge in [-0.05, 0) is 45.0 Å². The molecule has 3 heteroatoms. The summed E-state index contributed by atoms with van der Waals surface area (Å²) >= 11 is 0. The minimum absolute atomic E-state index is 0.0485. The van der Waals surface area contributed by atoms with E-state index < -0.39 is 0 Å². The van der Waals surface area contributed by atoms with Crippen LogP contribution in [0.25, 0.3) is 10.9 Å². The number of hydrogen-bond acceptors (Lipinski definition) is 2. The summed E-state index contributed by atoms with van der Waals surface area (Å²) in [5, 5.41) is 4.39. The van der Waals surface area contributed by atoms with E-state index in [2.05, 4.69) is 16.4 Å². The molecule has 2 aromatic rings. The number of nitrogens with one attached hydrogen (secondary N) is 2. The van der Waals surface area contributed by atoms with Crippen LogP contribution in [-0.2, 0) is 4.79 Å². The number of ketones is 1. The van der Waals surface area contributed by atoms with Crippen molar-refractivity contribution in [3.63, 3.8) is 0 Å². The van der Waals surface area contributed by atoms with Gasteiger partial charge in [0.2, 0.25) is 0 Å². The van der Waals surface area contributed by atoms with Crippen molar-refractivity contribution in [2.24, 2.45) is 0 Å². The summed E-state index contributed by atoms with van der Waals surface area (Å²) in [6.07, 6.45) is 1.60. The van der Waals surface area contributed by atoms with Crippen molar-refractivity contribution in [1.29, 1.82) is 0 Å². The van der Waals surface area contributed by atoms with Gasteiger partial charge in [0.05, 0.1) is 0 Å². The van der Waals surface area contributed by atoms with E-state index in [1.807, 2.05) is 32.0 Å². The van der Waals surface area contributed by atoms with E-state index in [4.69, 9.17) is 0 Å². The lowest BCUT2D eigenvalue weighted by atomic mass is 10.2. The molecule has 0 aliphatic rings. The Bertz CT molecular complexity index is 593. The Morgan fingerprint density at radius 3 is 2.82 bits per heavy atom. The highest BCUT2D eigenvalue weighted by atomic mass is 16.1. The van der Waals surface area contributed by atoms with Crippen LogP contribution >= 0.6 is 0 Å². The maximum atomic E-state index is 11.0. The van der Waals surface area contributed by atoms with Crippen LogP contribution in [0.15, 0.2) is 36.0 Å². The summed E-state index contributed by atoms with van der Waals surface area (Å²) in [5.41, 5.74) is 4.09. The Balaban J connectivity index is 2.39. The number of aryl methyl sites for hydroxylation is 1. The second-order valence-electron chi connectivity index (χ2n) is 4.28. The van der Waals surface area contributed by atoms with E-state index in [0.717, 1.165) is 28.0 Å². The van der Waals surface area contributed by atoms with Gasteiger partial charge in [0.1, 0.15) is 0 Å². The largest absolute Gasteiger partial charge is 0.359 e. The van der Waals surface area contributed by atoms with Crippen LogP contribution in [0.3, 0.4) is 0 Å². The topological polar surface area (TPSA) is 44.9 Å². The standard InChI is InChI=1S/C14H16N2O/c1-9(7-11(3)17)15-13-5-4-6-14-12(13)8-10(2)16-14/h4-8,15-16H,1-3H3. The van der Waals surface area contributed by atoms with Gasteiger partial charge < -0.3 is 10.3 Å². The second kappa shape index (κ2) is 4.45. The Kier molecular flexibility index (Phi) is 3.00. The average molecular weight is 228 g/mol. The zero-order valence-electron chi connectivity index (χ0n) is 10.3. The predicted molar refractivity (Wildman–Crippen MR) is 71.1 cm³/mol. The monoisotopic (exact) mass is 228 g/mol.